The highest BCUT2D eigenvalue weighted by Gasteiger charge is 2.35. The third kappa shape index (κ3) is 17.4. The summed E-state index contributed by atoms with van der Waals surface area (Å²) in [6.45, 7) is 30.6. The van der Waals surface area contributed by atoms with Gasteiger partial charge in [0.2, 0.25) is 0 Å². The van der Waals surface area contributed by atoms with Crippen LogP contribution < -0.4 is 15.5 Å². The largest absolute Gasteiger partial charge is 0.453 e. The van der Waals surface area contributed by atoms with Gasteiger partial charge in [-0.15, -0.1) is 0 Å². The van der Waals surface area contributed by atoms with Crippen molar-refractivity contribution in [3.05, 3.63) is 63.7 Å². The Balaban J connectivity index is 0.000000871. The Kier molecular flexibility index (Phi) is 25.8. The molecule has 6 heteroatoms. The predicted octanol–water partition coefficient (Wildman–Crippen LogP) is 15.7. The summed E-state index contributed by atoms with van der Waals surface area (Å²) in [7, 11) is 1.54. The highest BCUT2D eigenvalue weighted by molar-refractivity contribution is 6.42. The highest BCUT2D eigenvalue weighted by atomic mass is 16.6. The number of rotatable bonds is 31. The minimum absolute atomic E-state index is 0.102. The van der Waals surface area contributed by atoms with E-state index in [0.29, 0.717) is 17.8 Å². The molecule has 1 amide bonds. The number of nitrogens with zero attached hydrogens (tertiary/aromatic N) is 2. The van der Waals surface area contributed by atoms with E-state index in [1.54, 1.807) is 7.11 Å². The van der Waals surface area contributed by atoms with Crippen LogP contribution in [0.2, 0.25) is 6.82 Å². The van der Waals surface area contributed by atoms with Crippen LogP contribution in [0.3, 0.4) is 0 Å². The molecule has 0 bridgehead atoms. The number of aromatic nitrogens is 1. The normalized spacial score (nSPS) is 14.6. The molecule has 2 heterocycles. The van der Waals surface area contributed by atoms with E-state index in [9.17, 15) is 0 Å². The van der Waals surface area contributed by atoms with Gasteiger partial charge in [0.25, 0.3) is 5.91 Å². The van der Waals surface area contributed by atoms with E-state index in [4.69, 9.17) is 15.9 Å². The molecular weight excluding hydrogens is 783 g/mol. The van der Waals surface area contributed by atoms with Gasteiger partial charge < -0.3 is 18.8 Å². The van der Waals surface area contributed by atoms with Crippen LogP contribution in [0, 0.1) is 31.6 Å². The summed E-state index contributed by atoms with van der Waals surface area (Å²) >= 11 is 0. The second kappa shape index (κ2) is 29.7. The van der Waals surface area contributed by atoms with Crippen molar-refractivity contribution in [3.8, 4) is 0 Å². The molecule has 0 saturated carbocycles. The van der Waals surface area contributed by atoms with E-state index < -0.39 is 0 Å². The molecule has 360 valence electrons. The fraction of sp³-hybridized carbons (Fsp3) is 0.707. The van der Waals surface area contributed by atoms with Crippen LogP contribution in [0.25, 0.3) is 23.1 Å². The summed E-state index contributed by atoms with van der Waals surface area (Å²) in [5.74, 6) is 1.84. The fourth-order valence-electron chi connectivity index (χ4n) is 9.61. The minimum atomic E-state index is -0.118. The van der Waals surface area contributed by atoms with Crippen LogP contribution in [0.4, 0.5) is 5.69 Å². The molecule has 3 aromatic rings. The molecule has 0 saturated heterocycles. The Morgan fingerprint density at radius 2 is 1.11 bits per heavy atom. The minimum Gasteiger partial charge on any atom is -0.414 e. The maximum absolute atomic E-state index is 15.0. The van der Waals surface area contributed by atoms with Gasteiger partial charge in [0.1, 0.15) is 0 Å². The molecule has 0 radical (unpaired) electrons. The van der Waals surface area contributed by atoms with E-state index in [1.165, 1.54) is 170 Å². The molecule has 1 aliphatic rings. The first kappa shape index (κ1) is 55.5. The zero-order valence-corrected chi connectivity index (χ0v) is 43.8. The van der Waals surface area contributed by atoms with Crippen LogP contribution in [-0.2, 0) is 20.6 Å². The summed E-state index contributed by atoms with van der Waals surface area (Å²) in [6.07, 6.45) is 29.9. The lowest BCUT2D eigenvalue weighted by molar-refractivity contribution is -0.113. The zero-order valence-electron chi connectivity index (χ0n) is 43.8. The van der Waals surface area contributed by atoms with Gasteiger partial charge in [-0.1, -0.05) is 194 Å². The van der Waals surface area contributed by atoms with Gasteiger partial charge in [0, 0.05) is 47.2 Å². The molecule has 1 aliphatic heterocycles. The lowest BCUT2D eigenvalue weighted by Crippen LogP contribution is -2.37. The third-order valence-electron chi connectivity index (χ3n) is 14.4. The average Bonchev–Trinajstić information content (AvgIpc) is 3.67. The first-order valence-electron chi connectivity index (χ1n) is 26.7. The van der Waals surface area contributed by atoms with Gasteiger partial charge in [-0.25, -0.2) is 0 Å². The van der Waals surface area contributed by atoms with Gasteiger partial charge in [0.15, 0.2) is 0 Å². The van der Waals surface area contributed by atoms with Crippen LogP contribution in [0.15, 0.2) is 36.4 Å². The Bertz CT molecular complexity index is 1890. The number of anilines is 1. The molecule has 64 heavy (non-hydrogen) atoms. The molecule has 1 aromatic heterocycles. The Hall–Kier alpha value is -2.83. The van der Waals surface area contributed by atoms with Crippen molar-refractivity contribution in [2.75, 3.05) is 18.6 Å². The lowest BCUT2D eigenvalue weighted by atomic mass is 9.87. The van der Waals surface area contributed by atoms with E-state index in [2.05, 4.69) is 115 Å². The lowest BCUT2D eigenvalue weighted by Gasteiger charge is -2.31. The monoisotopic (exact) mass is 881 g/mol. The number of unbranched alkanes of at least 4 members (excludes halogenated alkanes) is 15. The second-order valence-electron chi connectivity index (χ2n) is 20.6. The van der Waals surface area contributed by atoms with Crippen LogP contribution in [-0.4, -0.2) is 36.8 Å². The molecule has 2 aromatic carbocycles. The van der Waals surface area contributed by atoms with E-state index in [1.807, 2.05) is 6.82 Å². The molecule has 5 nitrogen and oxygen atoms in total. The molecule has 2 unspecified atom stereocenters. The third-order valence-corrected chi connectivity index (χ3v) is 14.4. The van der Waals surface area contributed by atoms with Crippen molar-refractivity contribution < 1.29 is 14.1 Å². The standard InChI is InChI=1S/C50H78N2O.C8H19BO2/c1-8-12-16-20-22-26-30-43(28-24-19-15-11-4)38-52-47-36-40(6)32-34-45(47)49(50(52)53)48-41(7)51(46-35-39(5)31-33-44(46)48)37-42(27-23-18-14-10-3)29-25-21-17-13-9-2;1-7(2)8(3,4)11-9(5)10-6/h31-36,42-43H,7-30,37-38H2,1-6H3;7H,1-6H3/b49-48-;. The molecule has 0 fully saturated rings. The van der Waals surface area contributed by atoms with Crippen molar-refractivity contribution in [2.45, 2.75) is 236 Å². The fourth-order valence-corrected chi connectivity index (χ4v) is 9.61. The smallest absolute Gasteiger partial charge is 0.414 e. The molecule has 4 rings (SSSR count). The number of aryl methyl sites for hydroxylation is 2. The zero-order chi connectivity index (χ0) is 47.1. The second-order valence-corrected chi connectivity index (χ2v) is 20.6. The summed E-state index contributed by atoms with van der Waals surface area (Å²) < 4.78 is 13.2. The van der Waals surface area contributed by atoms with E-state index in [-0.39, 0.29) is 18.6 Å². The number of hydrogen-bond donors (Lipinski definition) is 0. The van der Waals surface area contributed by atoms with Crippen LogP contribution >= 0.6 is 0 Å². The number of benzene rings is 2. The van der Waals surface area contributed by atoms with Crippen molar-refractivity contribution >= 4 is 41.8 Å². The van der Waals surface area contributed by atoms with Gasteiger partial charge >= 0.3 is 7.12 Å². The van der Waals surface area contributed by atoms with Crippen molar-refractivity contribution in [2.24, 2.45) is 17.8 Å². The number of carbonyl (C=O) groups excluding carboxylic acids is 1. The average molecular weight is 881 g/mol. The van der Waals surface area contributed by atoms with Crippen molar-refractivity contribution in [1.29, 1.82) is 0 Å². The number of amides is 1. The molecule has 0 spiro atoms. The van der Waals surface area contributed by atoms with Crippen LogP contribution in [0.1, 0.15) is 220 Å². The summed E-state index contributed by atoms with van der Waals surface area (Å²) in [4.78, 5) is 17.2. The molecule has 2 atom stereocenters. The highest BCUT2D eigenvalue weighted by Crippen LogP contribution is 2.38. The van der Waals surface area contributed by atoms with Gasteiger partial charge in [-0.05, 0) is 101 Å². The van der Waals surface area contributed by atoms with Gasteiger partial charge in [-0.3, -0.25) is 4.79 Å². The first-order chi connectivity index (χ1) is 30.7. The van der Waals surface area contributed by atoms with Gasteiger partial charge in [-0.2, -0.15) is 0 Å². The summed E-state index contributed by atoms with van der Waals surface area (Å²) in [6, 6.07) is 13.6. The molecule has 0 N–H and O–H groups in total. The summed E-state index contributed by atoms with van der Waals surface area (Å²) in [5.41, 5.74) is 6.72. The quantitative estimate of drug-likeness (QED) is 0.0478. The Morgan fingerprint density at radius 3 is 1.61 bits per heavy atom. The number of fused-ring (bicyclic) bond motifs is 2. The maximum atomic E-state index is 15.0. The molecule has 0 aliphatic carbocycles. The van der Waals surface area contributed by atoms with Crippen molar-refractivity contribution in [3.63, 3.8) is 0 Å². The number of carbonyl (C=O) groups is 1. The van der Waals surface area contributed by atoms with Crippen LogP contribution in [0.5, 0.6) is 0 Å². The Morgan fingerprint density at radius 1 is 0.656 bits per heavy atom. The maximum Gasteiger partial charge on any atom is 0.453 e. The van der Waals surface area contributed by atoms with E-state index >= 15 is 4.79 Å². The van der Waals surface area contributed by atoms with Crippen molar-refractivity contribution in [1.82, 2.24) is 4.57 Å². The predicted molar refractivity (Wildman–Crippen MR) is 282 cm³/mol. The van der Waals surface area contributed by atoms with E-state index in [0.717, 1.165) is 40.5 Å². The topological polar surface area (TPSA) is 43.7 Å². The summed E-state index contributed by atoms with van der Waals surface area (Å²) in [5, 5.41) is 3.28. The Labute approximate surface area is 394 Å². The SMILES string of the molecule is C=c1/c(=C2/C(=O)N(CC(CCCCCC)CCCCCCCC)c3cc(C)ccc32)c2ccc(C)cc2n1CC(CCCCCC)CCCCCCC.COB(C)OC(C)(C)C(C)C. The first-order valence-corrected chi connectivity index (χ1v) is 26.7. The molecular formula is C58H97BN2O3. The van der Waals surface area contributed by atoms with Gasteiger partial charge in [0.05, 0.1) is 16.9 Å². The number of hydrogen-bond acceptors (Lipinski definition) is 3.